The first-order chi connectivity index (χ1) is 5.75. The fourth-order valence-corrected chi connectivity index (χ4v) is 1.34. The largest absolute Gasteiger partial charge is 0.373 e. The monoisotopic (exact) mass is 164 g/mol. The zero-order chi connectivity index (χ0) is 8.97. The maximum Gasteiger partial charge on any atom is 0.0605 e. The maximum absolute atomic E-state index is 4.24. The van der Waals surface area contributed by atoms with E-state index >= 15 is 0 Å². The minimum absolute atomic E-state index is 1.09. The van der Waals surface area contributed by atoms with Crippen molar-refractivity contribution in [2.45, 2.75) is 20.3 Å². The fraction of sp³-hybridized carbons (Fsp3) is 0.500. The molecule has 0 aliphatic heterocycles. The van der Waals surface area contributed by atoms with E-state index in [1.807, 2.05) is 19.2 Å². The van der Waals surface area contributed by atoms with Gasteiger partial charge >= 0.3 is 0 Å². The minimum Gasteiger partial charge on any atom is -0.373 e. The van der Waals surface area contributed by atoms with Crippen LogP contribution in [0.5, 0.6) is 0 Å². The second kappa shape index (κ2) is 4.10. The second-order valence-corrected chi connectivity index (χ2v) is 3.03. The Balaban J connectivity index is 2.79. The Morgan fingerprint density at radius 3 is 2.83 bits per heavy atom. The highest BCUT2D eigenvalue weighted by Crippen LogP contribution is 2.15. The molecule has 0 fully saturated rings. The van der Waals surface area contributed by atoms with Gasteiger partial charge in [0.25, 0.3) is 0 Å². The summed E-state index contributed by atoms with van der Waals surface area (Å²) in [6, 6.07) is 4.09. The summed E-state index contributed by atoms with van der Waals surface area (Å²) in [4.78, 5) is 6.48. The normalized spacial score (nSPS) is 9.92. The molecule has 12 heavy (non-hydrogen) atoms. The van der Waals surface area contributed by atoms with E-state index in [0.717, 1.165) is 12.2 Å². The van der Waals surface area contributed by atoms with Gasteiger partial charge in [-0.3, -0.25) is 4.98 Å². The SMILES string of the molecule is CCCN(C)c1cccnc1C. The van der Waals surface area contributed by atoms with Crippen molar-refractivity contribution in [2.75, 3.05) is 18.5 Å². The van der Waals surface area contributed by atoms with Crippen LogP contribution < -0.4 is 4.90 Å². The highest BCUT2D eigenvalue weighted by molar-refractivity contribution is 5.48. The van der Waals surface area contributed by atoms with Gasteiger partial charge in [-0.25, -0.2) is 0 Å². The van der Waals surface area contributed by atoms with Gasteiger partial charge in [0.2, 0.25) is 0 Å². The molecule has 0 atom stereocenters. The van der Waals surface area contributed by atoms with Crippen LogP contribution >= 0.6 is 0 Å². The van der Waals surface area contributed by atoms with Crippen molar-refractivity contribution in [3.8, 4) is 0 Å². The van der Waals surface area contributed by atoms with E-state index in [2.05, 4.69) is 29.9 Å². The first-order valence-corrected chi connectivity index (χ1v) is 4.38. The van der Waals surface area contributed by atoms with Gasteiger partial charge < -0.3 is 4.90 Å². The molecule has 66 valence electrons. The third kappa shape index (κ3) is 1.97. The molecule has 0 aliphatic carbocycles. The van der Waals surface area contributed by atoms with Crippen molar-refractivity contribution < 1.29 is 0 Å². The van der Waals surface area contributed by atoms with E-state index in [-0.39, 0.29) is 0 Å². The molecule has 0 amide bonds. The summed E-state index contributed by atoms with van der Waals surface area (Å²) in [5, 5.41) is 0. The first-order valence-electron chi connectivity index (χ1n) is 4.38. The van der Waals surface area contributed by atoms with E-state index in [9.17, 15) is 0 Å². The standard InChI is InChI=1S/C10H16N2/c1-4-8-12(3)10-6-5-7-11-9(10)2/h5-7H,4,8H2,1-3H3. The van der Waals surface area contributed by atoms with Gasteiger partial charge in [0.15, 0.2) is 0 Å². The van der Waals surface area contributed by atoms with Crippen LogP contribution in [0.15, 0.2) is 18.3 Å². The maximum atomic E-state index is 4.24. The zero-order valence-electron chi connectivity index (χ0n) is 8.04. The Hall–Kier alpha value is -1.05. The van der Waals surface area contributed by atoms with Crippen molar-refractivity contribution >= 4 is 5.69 Å². The first kappa shape index (κ1) is 9.04. The molecule has 0 spiro atoms. The molecular weight excluding hydrogens is 148 g/mol. The predicted molar refractivity (Wildman–Crippen MR) is 52.5 cm³/mol. The van der Waals surface area contributed by atoms with Crippen molar-refractivity contribution in [1.82, 2.24) is 4.98 Å². The molecule has 1 rings (SSSR count). The number of rotatable bonds is 3. The molecule has 0 radical (unpaired) electrons. The highest BCUT2D eigenvalue weighted by atomic mass is 15.1. The van der Waals surface area contributed by atoms with Crippen LogP contribution in [-0.2, 0) is 0 Å². The Labute approximate surface area is 74.2 Å². The zero-order valence-corrected chi connectivity index (χ0v) is 8.04. The molecule has 1 heterocycles. The molecule has 0 aromatic carbocycles. The van der Waals surface area contributed by atoms with Gasteiger partial charge in [-0.05, 0) is 25.5 Å². The summed E-state index contributed by atoms with van der Waals surface area (Å²) in [6.45, 7) is 5.32. The molecule has 2 heteroatoms. The number of aromatic nitrogens is 1. The lowest BCUT2D eigenvalue weighted by molar-refractivity contribution is 0.845. The van der Waals surface area contributed by atoms with E-state index in [0.29, 0.717) is 0 Å². The van der Waals surface area contributed by atoms with Crippen LogP contribution in [0.25, 0.3) is 0 Å². The van der Waals surface area contributed by atoms with Crippen LogP contribution in [-0.4, -0.2) is 18.6 Å². The smallest absolute Gasteiger partial charge is 0.0605 e. The Kier molecular flexibility index (Phi) is 3.09. The van der Waals surface area contributed by atoms with Gasteiger partial charge in [0.05, 0.1) is 11.4 Å². The van der Waals surface area contributed by atoms with Gasteiger partial charge in [0, 0.05) is 19.8 Å². The van der Waals surface area contributed by atoms with E-state index in [1.54, 1.807) is 0 Å². The summed E-state index contributed by atoms with van der Waals surface area (Å²) in [5.41, 5.74) is 2.34. The highest BCUT2D eigenvalue weighted by Gasteiger charge is 2.01. The van der Waals surface area contributed by atoms with Crippen LogP contribution in [0.2, 0.25) is 0 Å². The lowest BCUT2D eigenvalue weighted by atomic mass is 10.3. The molecule has 0 N–H and O–H groups in total. The number of anilines is 1. The minimum atomic E-state index is 1.09. The van der Waals surface area contributed by atoms with Gasteiger partial charge in [-0.2, -0.15) is 0 Å². The van der Waals surface area contributed by atoms with Crippen molar-refractivity contribution in [3.63, 3.8) is 0 Å². The van der Waals surface area contributed by atoms with E-state index < -0.39 is 0 Å². The van der Waals surface area contributed by atoms with Gasteiger partial charge in [0.1, 0.15) is 0 Å². The third-order valence-electron chi connectivity index (χ3n) is 1.95. The van der Waals surface area contributed by atoms with Crippen LogP contribution in [0.1, 0.15) is 19.0 Å². The summed E-state index contributed by atoms with van der Waals surface area (Å²) in [5.74, 6) is 0. The summed E-state index contributed by atoms with van der Waals surface area (Å²) < 4.78 is 0. The van der Waals surface area contributed by atoms with E-state index in [1.165, 1.54) is 12.1 Å². The molecule has 0 saturated carbocycles. The second-order valence-electron chi connectivity index (χ2n) is 3.03. The molecule has 1 aromatic rings. The Morgan fingerprint density at radius 2 is 2.25 bits per heavy atom. The molecule has 0 aliphatic rings. The lowest BCUT2D eigenvalue weighted by Crippen LogP contribution is -2.18. The Bertz CT molecular complexity index is 245. The average Bonchev–Trinajstić information content (AvgIpc) is 2.05. The molecule has 2 nitrogen and oxygen atoms in total. The van der Waals surface area contributed by atoms with Crippen molar-refractivity contribution in [1.29, 1.82) is 0 Å². The van der Waals surface area contributed by atoms with Crippen LogP contribution in [0.4, 0.5) is 5.69 Å². The topological polar surface area (TPSA) is 16.1 Å². The van der Waals surface area contributed by atoms with Crippen LogP contribution in [0.3, 0.4) is 0 Å². The van der Waals surface area contributed by atoms with Crippen LogP contribution in [0, 0.1) is 6.92 Å². The summed E-state index contributed by atoms with van der Waals surface area (Å²) in [7, 11) is 2.10. The Morgan fingerprint density at radius 1 is 1.50 bits per heavy atom. The predicted octanol–water partition coefficient (Wildman–Crippen LogP) is 2.24. The average molecular weight is 164 g/mol. The molecule has 0 bridgehead atoms. The molecule has 0 unspecified atom stereocenters. The van der Waals surface area contributed by atoms with Gasteiger partial charge in [-0.15, -0.1) is 0 Å². The molecule has 1 aromatic heterocycles. The quantitative estimate of drug-likeness (QED) is 0.681. The van der Waals surface area contributed by atoms with Crippen molar-refractivity contribution in [3.05, 3.63) is 24.0 Å². The summed E-state index contributed by atoms with van der Waals surface area (Å²) >= 11 is 0. The van der Waals surface area contributed by atoms with E-state index in [4.69, 9.17) is 0 Å². The third-order valence-corrected chi connectivity index (χ3v) is 1.95. The molecular formula is C10H16N2. The number of hydrogen-bond donors (Lipinski definition) is 0. The van der Waals surface area contributed by atoms with Gasteiger partial charge in [-0.1, -0.05) is 6.92 Å². The fourth-order valence-electron chi connectivity index (χ4n) is 1.34. The lowest BCUT2D eigenvalue weighted by Gasteiger charge is -2.19. The number of hydrogen-bond acceptors (Lipinski definition) is 2. The molecule has 0 saturated heterocycles. The van der Waals surface area contributed by atoms with Crippen molar-refractivity contribution in [2.24, 2.45) is 0 Å². The number of nitrogens with zero attached hydrogens (tertiary/aromatic N) is 2. The number of pyridine rings is 1. The summed E-state index contributed by atoms with van der Waals surface area (Å²) in [6.07, 6.45) is 3.00. The number of aryl methyl sites for hydroxylation is 1.